The molecule has 0 radical (unpaired) electrons. The second-order valence-corrected chi connectivity index (χ2v) is 6.87. The van der Waals surface area contributed by atoms with Crippen molar-refractivity contribution in [2.45, 2.75) is 52.1 Å². The first-order chi connectivity index (χ1) is 9.92. The first kappa shape index (κ1) is 18.9. The Morgan fingerprint density at radius 2 is 1.95 bits per heavy atom. The summed E-state index contributed by atoms with van der Waals surface area (Å²) in [5.74, 6) is 5.88. The molecule has 0 aliphatic heterocycles. The maximum absolute atomic E-state index is 6.36. The molecule has 0 aliphatic carbocycles. The molecule has 1 rings (SSSR count). The number of hydrazine groups is 1. The minimum atomic E-state index is -0.00531. The van der Waals surface area contributed by atoms with Gasteiger partial charge in [0.2, 0.25) is 0 Å². The van der Waals surface area contributed by atoms with Crippen LogP contribution in [0.15, 0.2) is 22.7 Å². The lowest BCUT2D eigenvalue weighted by Gasteiger charge is -2.45. The summed E-state index contributed by atoms with van der Waals surface area (Å²) >= 11 is 9.80. The van der Waals surface area contributed by atoms with Gasteiger partial charge in [-0.25, -0.2) is 0 Å². The summed E-state index contributed by atoms with van der Waals surface area (Å²) in [5, 5.41) is 0.780. The van der Waals surface area contributed by atoms with Crippen LogP contribution in [0.3, 0.4) is 0 Å². The number of nitrogens with one attached hydrogen (secondary N) is 1. The molecule has 2 unspecified atom stereocenters. The zero-order valence-electron chi connectivity index (χ0n) is 13.4. The topological polar surface area (TPSA) is 41.3 Å². The summed E-state index contributed by atoms with van der Waals surface area (Å²) in [5.41, 5.74) is 4.14. The van der Waals surface area contributed by atoms with Crippen LogP contribution in [-0.2, 0) is 6.42 Å². The number of nitrogens with two attached hydrogens (primary N) is 1. The van der Waals surface area contributed by atoms with E-state index in [2.05, 4.69) is 60.0 Å². The molecule has 0 saturated heterocycles. The van der Waals surface area contributed by atoms with Crippen molar-refractivity contribution in [1.82, 2.24) is 10.3 Å². The Balaban J connectivity index is 3.04. The van der Waals surface area contributed by atoms with Crippen LogP contribution in [0.1, 0.15) is 39.7 Å². The Hall–Kier alpha value is -0.130. The van der Waals surface area contributed by atoms with E-state index < -0.39 is 0 Å². The van der Waals surface area contributed by atoms with E-state index in [1.54, 1.807) is 0 Å². The second-order valence-electron chi connectivity index (χ2n) is 5.54. The van der Waals surface area contributed by atoms with Crippen LogP contribution in [0.5, 0.6) is 0 Å². The number of hydrogen-bond donors (Lipinski definition) is 2. The van der Waals surface area contributed by atoms with Gasteiger partial charge >= 0.3 is 0 Å². The number of hydrogen-bond acceptors (Lipinski definition) is 3. The molecular formula is C16H27BrClN3. The Labute approximate surface area is 142 Å². The maximum Gasteiger partial charge on any atom is 0.0449 e. The normalized spacial score (nSPS) is 16.0. The summed E-state index contributed by atoms with van der Waals surface area (Å²) in [6, 6.07) is 6.16. The predicted molar refractivity (Wildman–Crippen MR) is 95.6 cm³/mol. The minimum Gasteiger partial charge on any atom is -0.297 e. The first-order valence-electron chi connectivity index (χ1n) is 7.57. The Kier molecular flexibility index (Phi) is 7.65. The van der Waals surface area contributed by atoms with E-state index in [0.29, 0.717) is 0 Å². The fraction of sp³-hybridized carbons (Fsp3) is 0.625. The van der Waals surface area contributed by atoms with E-state index in [1.165, 1.54) is 0 Å². The zero-order valence-corrected chi connectivity index (χ0v) is 15.8. The molecule has 3 nitrogen and oxygen atoms in total. The van der Waals surface area contributed by atoms with E-state index >= 15 is 0 Å². The van der Waals surface area contributed by atoms with Crippen LogP contribution in [0.25, 0.3) is 0 Å². The van der Waals surface area contributed by atoms with Crippen molar-refractivity contribution in [2.75, 3.05) is 13.1 Å². The van der Waals surface area contributed by atoms with Crippen LogP contribution in [-0.4, -0.2) is 29.6 Å². The SMILES string of the molecule is CCN(CC)C(C)(CC)C(Cc1ccc(Br)cc1Cl)NN. The molecule has 1 aromatic carbocycles. The number of benzene rings is 1. The summed E-state index contributed by atoms with van der Waals surface area (Å²) in [6.45, 7) is 10.9. The molecule has 0 aliphatic rings. The molecular weight excluding hydrogens is 350 g/mol. The van der Waals surface area contributed by atoms with Crippen molar-refractivity contribution in [2.24, 2.45) is 5.84 Å². The zero-order chi connectivity index (χ0) is 16.0. The van der Waals surface area contributed by atoms with E-state index in [0.717, 1.165) is 41.0 Å². The van der Waals surface area contributed by atoms with E-state index in [1.807, 2.05) is 12.1 Å². The average Bonchev–Trinajstić information content (AvgIpc) is 2.47. The van der Waals surface area contributed by atoms with Gasteiger partial charge in [0, 0.05) is 21.1 Å². The van der Waals surface area contributed by atoms with Crippen molar-refractivity contribution < 1.29 is 0 Å². The van der Waals surface area contributed by atoms with Gasteiger partial charge in [0.1, 0.15) is 0 Å². The third-order valence-electron chi connectivity index (χ3n) is 4.59. The standard InChI is InChI=1S/C16H27BrClN3/c1-5-16(4,21(6-2)7-3)15(20-19)10-12-8-9-13(17)11-14(12)18/h8-9,11,15,20H,5-7,10,19H2,1-4H3. The van der Waals surface area contributed by atoms with E-state index in [9.17, 15) is 0 Å². The molecule has 0 amide bonds. The van der Waals surface area contributed by atoms with E-state index in [-0.39, 0.29) is 11.6 Å². The lowest BCUT2D eigenvalue weighted by molar-refractivity contribution is 0.0701. The van der Waals surface area contributed by atoms with Gasteiger partial charge in [-0.15, -0.1) is 0 Å². The fourth-order valence-electron chi connectivity index (χ4n) is 3.00. The highest BCUT2D eigenvalue weighted by molar-refractivity contribution is 9.10. The molecule has 0 spiro atoms. The molecule has 0 saturated carbocycles. The molecule has 3 N–H and O–H groups in total. The third-order valence-corrected chi connectivity index (χ3v) is 5.44. The summed E-state index contributed by atoms with van der Waals surface area (Å²) in [6.07, 6.45) is 1.83. The minimum absolute atomic E-state index is 0.00531. The lowest BCUT2D eigenvalue weighted by Crippen LogP contribution is -2.61. The van der Waals surface area contributed by atoms with Gasteiger partial charge in [-0.05, 0) is 50.6 Å². The van der Waals surface area contributed by atoms with Crippen molar-refractivity contribution >= 4 is 27.5 Å². The van der Waals surface area contributed by atoms with Gasteiger partial charge in [0.25, 0.3) is 0 Å². The number of nitrogens with zero attached hydrogens (tertiary/aromatic N) is 1. The molecule has 0 fully saturated rings. The molecule has 5 heteroatoms. The lowest BCUT2D eigenvalue weighted by atomic mass is 9.83. The number of likely N-dealkylation sites (N-methyl/N-ethyl adjacent to an activating group) is 1. The van der Waals surface area contributed by atoms with Crippen LogP contribution < -0.4 is 11.3 Å². The molecule has 21 heavy (non-hydrogen) atoms. The van der Waals surface area contributed by atoms with E-state index in [4.69, 9.17) is 17.4 Å². The number of halogens is 2. The fourth-order valence-corrected chi connectivity index (χ4v) is 3.75. The molecule has 120 valence electrons. The maximum atomic E-state index is 6.36. The van der Waals surface area contributed by atoms with Gasteiger partial charge in [-0.3, -0.25) is 16.2 Å². The third kappa shape index (κ3) is 4.42. The molecule has 1 aromatic rings. The van der Waals surface area contributed by atoms with Gasteiger partial charge in [-0.2, -0.15) is 0 Å². The van der Waals surface area contributed by atoms with Crippen LogP contribution in [0.4, 0.5) is 0 Å². The summed E-state index contributed by atoms with van der Waals surface area (Å²) < 4.78 is 0.996. The van der Waals surface area contributed by atoms with Gasteiger partial charge in [0.05, 0.1) is 0 Å². The number of rotatable bonds is 8. The smallest absolute Gasteiger partial charge is 0.0449 e. The summed E-state index contributed by atoms with van der Waals surface area (Å²) in [7, 11) is 0. The van der Waals surface area contributed by atoms with Crippen LogP contribution in [0.2, 0.25) is 5.02 Å². The highest BCUT2D eigenvalue weighted by Crippen LogP contribution is 2.29. The molecule has 0 heterocycles. The molecule has 0 aromatic heterocycles. The van der Waals surface area contributed by atoms with Crippen molar-refractivity contribution in [3.05, 3.63) is 33.3 Å². The molecule has 2 atom stereocenters. The summed E-state index contributed by atoms with van der Waals surface area (Å²) in [4.78, 5) is 2.46. The Bertz CT molecular complexity index is 451. The van der Waals surface area contributed by atoms with Crippen molar-refractivity contribution in [3.63, 3.8) is 0 Å². The molecule has 0 bridgehead atoms. The van der Waals surface area contributed by atoms with Gasteiger partial charge < -0.3 is 0 Å². The van der Waals surface area contributed by atoms with Gasteiger partial charge in [0.15, 0.2) is 0 Å². The van der Waals surface area contributed by atoms with Crippen LogP contribution >= 0.6 is 27.5 Å². The highest BCUT2D eigenvalue weighted by Gasteiger charge is 2.36. The Morgan fingerprint density at radius 1 is 1.33 bits per heavy atom. The first-order valence-corrected chi connectivity index (χ1v) is 8.75. The Morgan fingerprint density at radius 3 is 2.38 bits per heavy atom. The second kappa shape index (κ2) is 8.49. The quantitative estimate of drug-likeness (QED) is 0.532. The monoisotopic (exact) mass is 375 g/mol. The predicted octanol–water partition coefficient (Wildman–Crippen LogP) is 3.99. The highest BCUT2D eigenvalue weighted by atomic mass is 79.9. The van der Waals surface area contributed by atoms with Crippen molar-refractivity contribution in [3.8, 4) is 0 Å². The van der Waals surface area contributed by atoms with Crippen LogP contribution in [0, 0.1) is 0 Å². The van der Waals surface area contributed by atoms with Gasteiger partial charge in [-0.1, -0.05) is 54.4 Å². The average molecular weight is 377 g/mol. The largest absolute Gasteiger partial charge is 0.297 e. The van der Waals surface area contributed by atoms with Crippen molar-refractivity contribution in [1.29, 1.82) is 0 Å².